The predicted octanol–water partition coefficient (Wildman–Crippen LogP) is 2.35. The molecule has 1 unspecified atom stereocenters. The molecule has 1 heterocycles. The second kappa shape index (κ2) is 7.64. The van der Waals surface area contributed by atoms with E-state index in [1.54, 1.807) is 23.9 Å². The number of thioether (sulfide) groups is 1. The number of halogens is 1. The van der Waals surface area contributed by atoms with Gasteiger partial charge in [0.25, 0.3) is 0 Å². The number of hydrogen-bond donors (Lipinski definition) is 0. The number of rotatable bonds is 5. The van der Waals surface area contributed by atoms with E-state index < -0.39 is 0 Å². The van der Waals surface area contributed by atoms with E-state index in [-0.39, 0.29) is 17.8 Å². The number of nitrogens with zero attached hydrogens (tertiary/aromatic N) is 1. The fourth-order valence-corrected chi connectivity index (χ4v) is 2.68. The molecule has 0 saturated carbocycles. The first-order valence-corrected chi connectivity index (χ1v) is 8.21. The topological polar surface area (TPSA) is 29.5 Å². The fraction of sp³-hybridized carbons (Fsp3) is 0.533. The minimum Gasteiger partial charge on any atom is -0.374 e. The summed E-state index contributed by atoms with van der Waals surface area (Å²) in [5, 5.41) is 0. The Hall–Kier alpha value is -1.07. The van der Waals surface area contributed by atoms with E-state index in [2.05, 4.69) is 0 Å². The Labute approximate surface area is 123 Å². The number of carbonyl (C=O) groups excluding carboxylic acids is 1. The fourth-order valence-electron chi connectivity index (χ4n) is 2.30. The van der Waals surface area contributed by atoms with Gasteiger partial charge in [-0.1, -0.05) is 12.1 Å². The minimum absolute atomic E-state index is 0.00689. The van der Waals surface area contributed by atoms with Crippen molar-refractivity contribution >= 4 is 17.7 Å². The summed E-state index contributed by atoms with van der Waals surface area (Å²) in [6, 6.07) is 6.46. The van der Waals surface area contributed by atoms with Crippen molar-refractivity contribution in [1.29, 1.82) is 0 Å². The number of carbonyl (C=O) groups is 1. The molecule has 1 aliphatic rings. The van der Waals surface area contributed by atoms with Crippen LogP contribution >= 0.6 is 11.8 Å². The quantitative estimate of drug-likeness (QED) is 0.835. The summed E-state index contributed by atoms with van der Waals surface area (Å²) >= 11 is 1.68. The Bertz CT molecular complexity index is 438. The maximum absolute atomic E-state index is 12.9. The molecule has 1 aromatic rings. The second-order valence-corrected chi connectivity index (χ2v) is 5.89. The van der Waals surface area contributed by atoms with Crippen molar-refractivity contribution in [3.63, 3.8) is 0 Å². The predicted molar refractivity (Wildman–Crippen MR) is 79.4 cm³/mol. The number of benzene rings is 1. The standard InChI is InChI=1S/C15H20FNO2S/c1-20-9-6-15(18)17-7-8-19-14(11-17)10-12-2-4-13(16)5-3-12/h2-5,14H,6-11H2,1H3. The van der Waals surface area contributed by atoms with Gasteiger partial charge in [0.2, 0.25) is 5.91 Å². The highest BCUT2D eigenvalue weighted by molar-refractivity contribution is 7.98. The van der Waals surface area contributed by atoms with Gasteiger partial charge in [0, 0.05) is 31.7 Å². The molecule has 3 nitrogen and oxygen atoms in total. The van der Waals surface area contributed by atoms with Crippen molar-refractivity contribution in [1.82, 2.24) is 4.90 Å². The molecule has 5 heteroatoms. The number of hydrogen-bond acceptors (Lipinski definition) is 3. The SMILES string of the molecule is CSCCC(=O)N1CCOC(Cc2ccc(F)cc2)C1. The van der Waals surface area contributed by atoms with Crippen LogP contribution in [-0.4, -0.2) is 48.6 Å². The summed E-state index contributed by atoms with van der Waals surface area (Å²) in [4.78, 5) is 13.9. The number of ether oxygens (including phenoxy) is 1. The molecule has 0 radical (unpaired) electrons. The molecule has 0 aliphatic carbocycles. The molecule has 20 heavy (non-hydrogen) atoms. The molecule has 1 atom stereocenters. The van der Waals surface area contributed by atoms with Crippen LogP contribution in [0.3, 0.4) is 0 Å². The lowest BCUT2D eigenvalue weighted by atomic mass is 10.1. The van der Waals surface area contributed by atoms with Crippen molar-refractivity contribution < 1.29 is 13.9 Å². The van der Waals surface area contributed by atoms with E-state index in [4.69, 9.17) is 4.74 Å². The van der Waals surface area contributed by atoms with E-state index in [0.717, 1.165) is 11.3 Å². The lowest BCUT2D eigenvalue weighted by Crippen LogP contribution is -2.46. The first-order valence-electron chi connectivity index (χ1n) is 6.82. The van der Waals surface area contributed by atoms with E-state index in [1.807, 2.05) is 11.2 Å². The summed E-state index contributed by atoms with van der Waals surface area (Å²) in [6.07, 6.45) is 3.31. The van der Waals surface area contributed by atoms with Gasteiger partial charge in [-0.3, -0.25) is 4.79 Å². The Balaban J connectivity index is 1.86. The molecule has 1 aromatic carbocycles. The molecular weight excluding hydrogens is 277 g/mol. The van der Waals surface area contributed by atoms with Crippen molar-refractivity contribution in [2.24, 2.45) is 0 Å². The van der Waals surface area contributed by atoms with Gasteiger partial charge in [-0.15, -0.1) is 0 Å². The second-order valence-electron chi connectivity index (χ2n) is 4.91. The Kier molecular flexibility index (Phi) is 5.86. The van der Waals surface area contributed by atoms with Gasteiger partial charge in [0.05, 0.1) is 12.7 Å². The third-order valence-corrected chi connectivity index (χ3v) is 4.00. The van der Waals surface area contributed by atoms with Crippen molar-refractivity contribution in [2.75, 3.05) is 31.7 Å². The highest BCUT2D eigenvalue weighted by Crippen LogP contribution is 2.14. The van der Waals surface area contributed by atoms with Gasteiger partial charge in [-0.05, 0) is 24.0 Å². The summed E-state index contributed by atoms with van der Waals surface area (Å²) in [5.41, 5.74) is 1.04. The zero-order valence-electron chi connectivity index (χ0n) is 11.7. The minimum atomic E-state index is -0.229. The normalized spacial score (nSPS) is 19.1. The van der Waals surface area contributed by atoms with Crippen LogP contribution < -0.4 is 0 Å². The van der Waals surface area contributed by atoms with Crippen molar-refractivity contribution in [3.05, 3.63) is 35.6 Å². The maximum atomic E-state index is 12.9. The molecule has 1 amide bonds. The number of morpholine rings is 1. The molecule has 1 fully saturated rings. The largest absolute Gasteiger partial charge is 0.374 e. The van der Waals surface area contributed by atoms with Crippen molar-refractivity contribution in [2.45, 2.75) is 18.9 Å². The molecule has 1 saturated heterocycles. The Morgan fingerprint density at radius 3 is 2.90 bits per heavy atom. The average Bonchev–Trinajstić information content (AvgIpc) is 2.47. The lowest BCUT2D eigenvalue weighted by Gasteiger charge is -2.33. The molecule has 2 rings (SSSR count). The van der Waals surface area contributed by atoms with Gasteiger partial charge < -0.3 is 9.64 Å². The van der Waals surface area contributed by atoms with Crippen LogP contribution in [0.5, 0.6) is 0 Å². The van der Waals surface area contributed by atoms with Crippen LogP contribution in [0.2, 0.25) is 0 Å². The maximum Gasteiger partial charge on any atom is 0.223 e. The van der Waals surface area contributed by atoms with Crippen LogP contribution in [0.25, 0.3) is 0 Å². The van der Waals surface area contributed by atoms with Crippen LogP contribution in [0.4, 0.5) is 4.39 Å². The van der Waals surface area contributed by atoms with Gasteiger partial charge in [0.1, 0.15) is 5.82 Å². The van der Waals surface area contributed by atoms with E-state index >= 15 is 0 Å². The van der Waals surface area contributed by atoms with Gasteiger partial charge >= 0.3 is 0 Å². The third kappa shape index (κ3) is 4.49. The molecule has 110 valence electrons. The van der Waals surface area contributed by atoms with Gasteiger partial charge in [-0.25, -0.2) is 4.39 Å². The van der Waals surface area contributed by atoms with Crippen molar-refractivity contribution in [3.8, 4) is 0 Å². The summed E-state index contributed by atoms with van der Waals surface area (Å²) in [6.45, 7) is 1.88. The van der Waals surface area contributed by atoms with Crippen LogP contribution in [0.1, 0.15) is 12.0 Å². The zero-order chi connectivity index (χ0) is 14.4. The molecule has 1 aliphatic heterocycles. The first kappa shape index (κ1) is 15.3. The lowest BCUT2D eigenvalue weighted by molar-refractivity contribution is -0.138. The first-order chi connectivity index (χ1) is 9.69. The average molecular weight is 297 g/mol. The van der Waals surface area contributed by atoms with Gasteiger partial charge in [-0.2, -0.15) is 11.8 Å². The highest BCUT2D eigenvalue weighted by atomic mass is 32.2. The molecule has 0 spiro atoms. The Morgan fingerprint density at radius 2 is 2.20 bits per heavy atom. The smallest absolute Gasteiger partial charge is 0.223 e. The number of amides is 1. The van der Waals surface area contributed by atoms with Crippen LogP contribution in [0.15, 0.2) is 24.3 Å². The van der Waals surface area contributed by atoms with E-state index in [1.165, 1.54) is 12.1 Å². The monoisotopic (exact) mass is 297 g/mol. The third-order valence-electron chi connectivity index (χ3n) is 3.39. The molecular formula is C15H20FNO2S. The zero-order valence-corrected chi connectivity index (χ0v) is 12.5. The molecule has 0 N–H and O–H groups in total. The van der Waals surface area contributed by atoms with Crippen LogP contribution in [-0.2, 0) is 16.0 Å². The van der Waals surface area contributed by atoms with E-state index in [0.29, 0.717) is 32.5 Å². The highest BCUT2D eigenvalue weighted by Gasteiger charge is 2.23. The van der Waals surface area contributed by atoms with Crippen LogP contribution in [0, 0.1) is 5.82 Å². The molecule has 0 bridgehead atoms. The van der Waals surface area contributed by atoms with Gasteiger partial charge in [0.15, 0.2) is 0 Å². The summed E-state index contributed by atoms with van der Waals surface area (Å²) in [7, 11) is 0. The Morgan fingerprint density at radius 1 is 1.45 bits per heavy atom. The molecule has 0 aromatic heterocycles. The summed E-state index contributed by atoms with van der Waals surface area (Å²) in [5.74, 6) is 0.831. The summed E-state index contributed by atoms with van der Waals surface area (Å²) < 4.78 is 18.6. The van der Waals surface area contributed by atoms with E-state index in [9.17, 15) is 9.18 Å².